The lowest BCUT2D eigenvalue weighted by atomic mass is 10.0. The van der Waals surface area contributed by atoms with Crippen molar-refractivity contribution in [3.8, 4) is 51.0 Å². The van der Waals surface area contributed by atoms with Gasteiger partial charge in [0, 0.05) is 46.2 Å². The molecule has 0 saturated heterocycles. The molecule has 7 rings (SSSR count). The van der Waals surface area contributed by atoms with Crippen molar-refractivity contribution in [1.82, 2.24) is 19.5 Å². The lowest BCUT2D eigenvalue weighted by Crippen LogP contribution is -2.00. The summed E-state index contributed by atoms with van der Waals surface area (Å²) in [6, 6.07) is 40.6. The van der Waals surface area contributed by atoms with Crippen LogP contribution < -0.4 is 0 Å². The van der Waals surface area contributed by atoms with Crippen molar-refractivity contribution >= 4 is 16.5 Å². The second-order valence-electron chi connectivity index (χ2n) is 9.87. The number of nitro groups is 1. The van der Waals surface area contributed by atoms with Crippen LogP contribution in [0.5, 0.6) is 0 Å². The zero-order chi connectivity index (χ0) is 28.5. The van der Waals surface area contributed by atoms with Gasteiger partial charge in [-0.15, -0.1) is 0 Å². The predicted molar refractivity (Wildman–Crippen MR) is 165 cm³/mol. The topological polar surface area (TPSA) is 86.7 Å². The van der Waals surface area contributed by atoms with Crippen molar-refractivity contribution in [1.29, 1.82) is 0 Å². The van der Waals surface area contributed by atoms with Gasteiger partial charge in [0.2, 0.25) is 0 Å². The van der Waals surface area contributed by atoms with Crippen LogP contribution in [-0.2, 0) is 0 Å². The van der Waals surface area contributed by atoms with Crippen molar-refractivity contribution in [3.05, 3.63) is 150 Å². The fraction of sp³-hybridized carbons (Fsp3) is 0. The van der Waals surface area contributed by atoms with Crippen LogP contribution in [0.4, 0.5) is 5.69 Å². The molecule has 2 heterocycles. The summed E-state index contributed by atoms with van der Waals surface area (Å²) < 4.78 is 2.05. The Morgan fingerprint density at radius 1 is 0.524 bits per heavy atom. The highest BCUT2D eigenvalue weighted by Crippen LogP contribution is 2.33. The minimum Gasteiger partial charge on any atom is -0.323 e. The zero-order valence-corrected chi connectivity index (χ0v) is 22.3. The highest BCUT2D eigenvalue weighted by molar-refractivity contribution is 5.89. The quantitative estimate of drug-likeness (QED) is 0.155. The van der Waals surface area contributed by atoms with E-state index in [9.17, 15) is 10.1 Å². The maximum absolute atomic E-state index is 11.6. The average Bonchev–Trinajstić information content (AvgIpc) is 3.49. The van der Waals surface area contributed by atoms with Gasteiger partial charge >= 0.3 is 0 Å². The van der Waals surface area contributed by atoms with Crippen LogP contribution in [0.2, 0.25) is 0 Å². The van der Waals surface area contributed by atoms with E-state index in [1.807, 2.05) is 109 Å². The minimum atomic E-state index is -0.343. The minimum absolute atomic E-state index is 0.0890. The number of benzene rings is 5. The third-order valence-corrected chi connectivity index (χ3v) is 7.16. The molecule has 0 aliphatic carbocycles. The van der Waals surface area contributed by atoms with Gasteiger partial charge in [-0.05, 0) is 35.2 Å². The molecule has 5 aromatic carbocycles. The summed E-state index contributed by atoms with van der Waals surface area (Å²) in [6.07, 6.45) is 4.08. The molecule has 7 aromatic rings. The van der Waals surface area contributed by atoms with Crippen LogP contribution in [-0.4, -0.2) is 24.4 Å². The van der Waals surface area contributed by atoms with E-state index in [2.05, 4.69) is 16.8 Å². The second-order valence-corrected chi connectivity index (χ2v) is 9.87. The van der Waals surface area contributed by atoms with Crippen LogP contribution in [0.25, 0.3) is 61.8 Å². The first-order valence-corrected chi connectivity index (χ1v) is 13.5. The first-order chi connectivity index (χ1) is 20.6. The summed E-state index contributed by atoms with van der Waals surface area (Å²) in [5.74, 6) is 1.80. The molecule has 0 spiro atoms. The second kappa shape index (κ2) is 10.6. The predicted octanol–water partition coefficient (Wildman–Crippen LogP) is 8.39. The molecule has 0 atom stereocenters. The van der Waals surface area contributed by atoms with Crippen molar-refractivity contribution in [2.45, 2.75) is 0 Å². The molecule has 0 bridgehead atoms. The molecule has 0 aliphatic rings. The number of aromatic nitrogens is 4. The Morgan fingerprint density at radius 3 is 1.76 bits per heavy atom. The molecule has 0 aliphatic heterocycles. The van der Waals surface area contributed by atoms with Gasteiger partial charge in [-0.3, -0.25) is 10.1 Å². The maximum Gasteiger partial charge on any atom is 0.277 e. The number of hydrogen-bond acceptors (Lipinski definition) is 5. The van der Waals surface area contributed by atoms with Crippen molar-refractivity contribution in [2.24, 2.45) is 0 Å². The molecule has 7 heteroatoms. The molecule has 0 radical (unpaired) electrons. The van der Waals surface area contributed by atoms with Gasteiger partial charge in [0.15, 0.2) is 17.5 Å². The van der Waals surface area contributed by atoms with Gasteiger partial charge in [0.1, 0.15) is 0 Å². The fourth-order valence-corrected chi connectivity index (χ4v) is 5.08. The van der Waals surface area contributed by atoms with Gasteiger partial charge < -0.3 is 4.57 Å². The number of nitrogens with zero attached hydrogens (tertiary/aromatic N) is 5. The molecule has 42 heavy (non-hydrogen) atoms. The summed E-state index contributed by atoms with van der Waals surface area (Å²) in [5, 5.41) is 13.6. The highest BCUT2D eigenvalue weighted by atomic mass is 16.6. The number of fused-ring (bicyclic) bond motifs is 1. The Kier molecular flexibility index (Phi) is 6.29. The standard InChI is InChI=1S/C35H23N5O2/c41-40(42)32-17-8-7-16-31(32)26-18-19-28-22-39(23-29(28)20-26)30-15-9-14-27(21-30)35-37-33(24-10-3-1-4-11-24)36-34(38-35)25-12-5-2-6-13-25/h1-23H. The summed E-state index contributed by atoms with van der Waals surface area (Å²) in [7, 11) is 0. The van der Waals surface area contributed by atoms with Gasteiger partial charge in [-0.25, -0.2) is 15.0 Å². The highest BCUT2D eigenvalue weighted by Gasteiger charge is 2.16. The Morgan fingerprint density at radius 2 is 1.10 bits per heavy atom. The first-order valence-electron chi connectivity index (χ1n) is 13.5. The molecule has 0 fully saturated rings. The van der Waals surface area contributed by atoms with Gasteiger partial charge in [0.25, 0.3) is 5.69 Å². The normalized spacial score (nSPS) is 11.0. The largest absolute Gasteiger partial charge is 0.323 e. The maximum atomic E-state index is 11.6. The average molecular weight is 546 g/mol. The first kappa shape index (κ1) is 25.0. The van der Waals surface area contributed by atoms with E-state index < -0.39 is 0 Å². The van der Waals surface area contributed by atoms with E-state index in [4.69, 9.17) is 15.0 Å². The van der Waals surface area contributed by atoms with Gasteiger partial charge in [-0.2, -0.15) is 0 Å². The lowest BCUT2D eigenvalue weighted by Gasteiger charge is -2.10. The van der Waals surface area contributed by atoms with E-state index in [0.29, 0.717) is 23.0 Å². The van der Waals surface area contributed by atoms with Crippen LogP contribution >= 0.6 is 0 Å². The van der Waals surface area contributed by atoms with Crippen LogP contribution in [0.15, 0.2) is 140 Å². The molecule has 0 amide bonds. The Bertz CT molecular complexity index is 2010. The summed E-state index contributed by atoms with van der Waals surface area (Å²) >= 11 is 0. The van der Waals surface area contributed by atoms with Crippen LogP contribution in [0.3, 0.4) is 0 Å². The Labute approximate surface area is 241 Å². The monoisotopic (exact) mass is 545 g/mol. The van der Waals surface area contributed by atoms with E-state index in [1.54, 1.807) is 12.1 Å². The molecular formula is C35H23N5O2. The smallest absolute Gasteiger partial charge is 0.277 e. The molecule has 2 aromatic heterocycles. The van der Waals surface area contributed by atoms with Crippen LogP contribution in [0.1, 0.15) is 0 Å². The lowest BCUT2D eigenvalue weighted by molar-refractivity contribution is -0.384. The number of para-hydroxylation sites is 1. The third kappa shape index (κ3) is 4.80. The fourth-order valence-electron chi connectivity index (χ4n) is 5.08. The van der Waals surface area contributed by atoms with Gasteiger partial charge in [-0.1, -0.05) is 97.1 Å². The molecule has 0 unspecified atom stereocenters. The van der Waals surface area contributed by atoms with Gasteiger partial charge in [0.05, 0.1) is 10.5 Å². The molecule has 200 valence electrons. The van der Waals surface area contributed by atoms with Crippen molar-refractivity contribution in [3.63, 3.8) is 0 Å². The summed E-state index contributed by atoms with van der Waals surface area (Å²) in [5.41, 5.74) is 5.12. The Balaban J connectivity index is 1.30. The number of hydrogen-bond donors (Lipinski definition) is 0. The van der Waals surface area contributed by atoms with Crippen molar-refractivity contribution < 1.29 is 4.92 Å². The SMILES string of the molecule is O=[N+]([O-])c1ccccc1-c1ccc2cn(-c3cccc(-c4nc(-c5ccccc5)nc(-c5ccccc5)n4)c3)cc2c1. The Hall–Kier alpha value is -5.95. The molecular weight excluding hydrogens is 522 g/mol. The van der Waals surface area contributed by atoms with Crippen LogP contribution in [0, 0.1) is 10.1 Å². The molecule has 0 N–H and O–H groups in total. The van der Waals surface area contributed by atoms with E-state index in [1.165, 1.54) is 6.07 Å². The number of rotatable bonds is 6. The van der Waals surface area contributed by atoms with E-state index in [0.717, 1.165) is 38.7 Å². The molecule has 7 nitrogen and oxygen atoms in total. The third-order valence-electron chi connectivity index (χ3n) is 7.16. The van der Waals surface area contributed by atoms with E-state index >= 15 is 0 Å². The summed E-state index contributed by atoms with van der Waals surface area (Å²) in [4.78, 5) is 25.7. The number of nitro benzene ring substituents is 1. The molecule has 0 saturated carbocycles. The zero-order valence-electron chi connectivity index (χ0n) is 22.3. The summed E-state index contributed by atoms with van der Waals surface area (Å²) in [6.45, 7) is 0. The van der Waals surface area contributed by atoms with E-state index in [-0.39, 0.29) is 10.6 Å². The van der Waals surface area contributed by atoms with Crippen molar-refractivity contribution in [2.75, 3.05) is 0 Å².